The van der Waals surface area contributed by atoms with Crippen molar-refractivity contribution in [2.75, 3.05) is 80.7 Å². The van der Waals surface area contributed by atoms with Gasteiger partial charge < -0.3 is 34.0 Å². The van der Waals surface area contributed by atoms with E-state index in [1.54, 1.807) is 40.6 Å². The molecule has 0 atom stereocenters. The van der Waals surface area contributed by atoms with E-state index in [0.717, 1.165) is 71.4 Å². The lowest BCUT2D eigenvalue weighted by Crippen LogP contribution is -2.33. The standard InChI is InChI=1S/C7H13NO.C6H11NO.C5H9NO2.C5H9NO.C4H7NO2.3C2H6/c1-7(9)8-5-3-2-4-6-8;1-7-5-3-2-4-6(7)8;1-6-3-2-4-8-5(6)7;1-6-4-2-3-5(6)7;1-5-2-3-7-4(5)6;3*1-2/h2-6H2,1H3;2-5H2,1H3;2-4H2,1H3;2-4H2,1H3;2-3H2,1H3;3*1-2H3. The minimum atomic E-state index is -0.208. The summed E-state index contributed by atoms with van der Waals surface area (Å²) in [4.78, 5) is 61.3. The summed E-state index contributed by atoms with van der Waals surface area (Å²) in [7, 11) is 7.16. The molecule has 5 rings (SSSR count). The smallest absolute Gasteiger partial charge is 0.409 e. The van der Waals surface area contributed by atoms with E-state index in [1.165, 1.54) is 25.7 Å². The molecule has 5 aliphatic rings. The number of amides is 5. The number of piperidine rings is 2. The molecule has 45 heavy (non-hydrogen) atoms. The highest BCUT2D eigenvalue weighted by atomic mass is 16.6. The summed E-state index contributed by atoms with van der Waals surface area (Å²) in [6, 6.07) is 0. The van der Waals surface area contributed by atoms with Gasteiger partial charge in [-0.15, -0.1) is 0 Å². The summed E-state index contributed by atoms with van der Waals surface area (Å²) in [5, 5.41) is 0. The summed E-state index contributed by atoms with van der Waals surface area (Å²) in [5.74, 6) is 0.825. The number of carbonyl (C=O) groups is 5. The molecule has 0 aliphatic carbocycles. The average molecular weight is 646 g/mol. The van der Waals surface area contributed by atoms with E-state index in [9.17, 15) is 24.0 Å². The second kappa shape index (κ2) is 31.0. The van der Waals surface area contributed by atoms with Crippen LogP contribution in [0.5, 0.6) is 0 Å². The van der Waals surface area contributed by atoms with Crippen molar-refractivity contribution in [2.24, 2.45) is 0 Å². The SMILES string of the molecule is CC.CC.CC.CC(=O)N1CCCCC1.CN1CCCC1=O.CN1CCCCC1=O.CN1CCCOC1=O.CN1CCOC1=O. The van der Waals surface area contributed by atoms with Crippen molar-refractivity contribution < 1.29 is 33.4 Å². The minimum absolute atomic E-state index is 0.198. The third kappa shape index (κ3) is 23.9. The van der Waals surface area contributed by atoms with Crippen LogP contribution in [-0.4, -0.2) is 135 Å². The number of carbonyl (C=O) groups excluding carboxylic acids is 5. The Kier molecular flexibility index (Phi) is 31.9. The lowest BCUT2D eigenvalue weighted by atomic mass is 10.1. The zero-order chi connectivity index (χ0) is 35.2. The van der Waals surface area contributed by atoms with Crippen LogP contribution in [0.2, 0.25) is 0 Å². The minimum Gasteiger partial charge on any atom is -0.449 e. The maximum Gasteiger partial charge on any atom is 0.409 e. The van der Waals surface area contributed by atoms with Crippen LogP contribution in [-0.2, 0) is 23.9 Å². The molecule has 0 spiro atoms. The molecular formula is C33H67N5O7. The first kappa shape index (κ1) is 46.4. The van der Waals surface area contributed by atoms with Gasteiger partial charge in [-0.25, -0.2) is 9.59 Å². The van der Waals surface area contributed by atoms with Gasteiger partial charge in [0, 0.05) is 80.7 Å². The van der Waals surface area contributed by atoms with Crippen molar-refractivity contribution in [2.45, 2.75) is 106 Å². The van der Waals surface area contributed by atoms with E-state index in [0.29, 0.717) is 25.0 Å². The Balaban J connectivity index is -0.000000471. The summed E-state index contributed by atoms with van der Waals surface area (Å²) in [6.45, 7) is 20.2. The molecule has 0 aromatic heterocycles. The first-order valence-corrected chi connectivity index (χ1v) is 17.0. The monoisotopic (exact) mass is 646 g/mol. The molecule has 5 aliphatic heterocycles. The molecule has 5 heterocycles. The molecule has 12 nitrogen and oxygen atoms in total. The lowest BCUT2D eigenvalue weighted by molar-refractivity contribution is -0.132. The van der Waals surface area contributed by atoms with Gasteiger partial charge in [-0.1, -0.05) is 41.5 Å². The zero-order valence-corrected chi connectivity index (χ0v) is 30.6. The summed E-state index contributed by atoms with van der Waals surface area (Å²) < 4.78 is 9.23. The molecule has 0 saturated carbocycles. The summed E-state index contributed by atoms with van der Waals surface area (Å²) >= 11 is 0. The van der Waals surface area contributed by atoms with Crippen molar-refractivity contribution in [1.82, 2.24) is 24.5 Å². The van der Waals surface area contributed by atoms with Gasteiger partial charge in [0.25, 0.3) is 0 Å². The second-order valence-corrected chi connectivity index (χ2v) is 10.2. The van der Waals surface area contributed by atoms with Crippen LogP contribution >= 0.6 is 0 Å². The van der Waals surface area contributed by atoms with E-state index >= 15 is 0 Å². The number of likely N-dealkylation sites (N-methyl/N-ethyl adjacent to an activating group) is 1. The Morgan fingerprint density at radius 2 is 0.889 bits per heavy atom. The fourth-order valence-electron chi connectivity index (χ4n) is 4.07. The van der Waals surface area contributed by atoms with Crippen LogP contribution in [0.4, 0.5) is 9.59 Å². The van der Waals surface area contributed by atoms with E-state index in [2.05, 4.69) is 9.47 Å². The van der Waals surface area contributed by atoms with Gasteiger partial charge in [-0.2, -0.15) is 0 Å². The third-order valence-corrected chi connectivity index (χ3v) is 6.81. The van der Waals surface area contributed by atoms with Crippen molar-refractivity contribution >= 4 is 29.9 Å². The first-order chi connectivity index (χ1) is 21.5. The maximum atomic E-state index is 10.7. The third-order valence-electron chi connectivity index (χ3n) is 6.81. The highest BCUT2D eigenvalue weighted by Crippen LogP contribution is 2.08. The maximum absolute atomic E-state index is 10.7. The Morgan fingerprint density at radius 3 is 1.13 bits per heavy atom. The van der Waals surface area contributed by atoms with Gasteiger partial charge in [-0.05, 0) is 44.9 Å². The molecule has 0 aromatic carbocycles. The van der Waals surface area contributed by atoms with Gasteiger partial charge in [0.15, 0.2) is 0 Å². The van der Waals surface area contributed by atoms with E-state index < -0.39 is 0 Å². The normalized spacial score (nSPS) is 18.3. The number of hydrogen-bond acceptors (Lipinski definition) is 7. The quantitative estimate of drug-likeness (QED) is 0.342. The van der Waals surface area contributed by atoms with Crippen molar-refractivity contribution in [3.05, 3.63) is 0 Å². The number of cyclic esters (lactones) is 2. The second-order valence-electron chi connectivity index (χ2n) is 10.2. The summed E-state index contributed by atoms with van der Waals surface area (Å²) in [5.41, 5.74) is 0. The number of ether oxygens (including phenoxy) is 2. The van der Waals surface area contributed by atoms with Crippen LogP contribution < -0.4 is 0 Å². The van der Waals surface area contributed by atoms with E-state index in [-0.39, 0.29) is 18.1 Å². The van der Waals surface area contributed by atoms with Crippen LogP contribution in [0.15, 0.2) is 0 Å². The fraction of sp³-hybridized carbons (Fsp3) is 0.848. The van der Waals surface area contributed by atoms with Gasteiger partial charge in [0.2, 0.25) is 17.7 Å². The zero-order valence-electron chi connectivity index (χ0n) is 30.6. The highest BCUT2D eigenvalue weighted by molar-refractivity contribution is 5.77. The molecule has 0 aromatic rings. The number of rotatable bonds is 0. The van der Waals surface area contributed by atoms with Crippen LogP contribution in [0.3, 0.4) is 0 Å². The van der Waals surface area contributed by atoms with Crippen LogP contribution in [0, 0.1) is 0 Å². The molecule has 5 fully saturated rings. The van der Waals surface area contributed by atoms with E-state index in [1.807, 2.05) is 60.5 Å². The Morgan fingerprint density at radius 1 is 0.489 bits per heavy atom. The topological polar surface area (TPSA) is 120 Å². The Labute approximate surface area is 274 Å². The largest absolute Gasteiger partial charge is 0.449 e. The molecule has 5 saturated heterocycles. The van der Waals surface area contributed by atoms with Gasteiger partial charge >= 0.3 is 12.2 Å². The number of hydrogen-bond donors (Lipinski definition) is 0. The average Bonchev–Trinajstić information content (AvgIpc) is 3.65. The van der Waals surface area contributed by atoms with Gasteiger partial charge in [0.1, 0.15) is 6.61 Å². The Hall–Kier alpha value is -3.05. The van der Waals surface area contributed by atoms with Crippen molar-refractivity contribution in [3.63, 3.8) is 0 Å². The van der Waals surface area contributed by atoms with E-state index in [4.69, 9.17) is 0 Å². The molecule has 12 heteroatoms. The Bertz CT molecular complexity index is 741. The van der Waals surface area contributed by atoms with Crippen LogP contribution in [0.25, 0.3) is 0 Å². The molecule has 0 radical (unpaired) electrons. The molecule has 0 bridgehead atoms. The molecule has 0 unspecified atom stereocenters. The van der Waals surface area contributed by atoms with Gasteiger partial charge in [0.05, 0.1) is 13.2 Å². The van der Waals surface area contributed by atoms with Crippen molar-refractivity contribution in [1.29, 1.82) is 0 Å². The van der Waals surface area contributed by atoms with Gasteiger partial charge in [-0.3, -0.25) is 14.4 Å². The predicted molar refractivity (Wildman–Crippen MR) is 181 cm³/mol. The number of likely N-dealkylation sites (tertiary alicyclic amines) is 3. The highest BCUT2D eigenvalue weighted by Gasteiger charge is 2.16. The molecular weight excluding hydrogens is 578 g/mol. The first-order valence-electron chi connectivity index (χ1n) is 17.0. The summed E-state index contributed by atoms with van der Waals surface area (Å²) in [6.07, 6.45) is 9.08. The predicted octanol–water partition coefficient (Wildman–Crippen LogP) is 5.49. The molecule has 266 valence electrons. The molecule has 0 N–H and O–H groups in total. The fourth-order valence-corrected chi connectivity index (χ4v) is 4.07. The lowest BCUT2D eigenvalue weighted by Gasteiger charge is -2.24. The van der Waals surface area contributed by atoms with Crippen molar-refractivity contribution in [3.8, 4) is 0 Å². The molecule has 5 amide bonds. The van der Waals surface area contributed by atoms with Crippen LogP contribution in [0.1, 0.15) is 106 Å². The number of nitrogens with zero attached hydrogens (tertiary/aromatic N) is 5.